The molecule has 2 aromatic heterocycles. The molecule has 0 N–H and O–H groups in total. The first-order valence-electron chi connectivity index (χ1n) is 5.05. The molecule has 0 saturated carbocycles. The number of nitrogens with zero attached hydrogens (tertiary/aromatic N) is 3. The third-order valence-corrected chi connectivity index (χ3v) is 2.97. The first-order valence-corrected chi connectivity index (χ1v) is 5.84. The lowest BCUT2D eigenvalue weighted by atomic mass is 10.2. The summed E-state index contributed by atoms with van der Waals surface area (Å²) in [4.78, 5) is 24.0. The van der Waals surface area contributed by atoms with E-state index >= 15 is 0 Å². The van der Waals surface area contributed by atoms with Gasteiger partial charge in [-0.15, -0.1) is 0 Å². The molecule has 4 nitrogen and oxygen atoms in total. The molecule has 0 saturated heterocycles. The van der Waals surface area contributed by atoms with Gasteiger partial charge in [0, 0.05) is 16.9 Å². The Kier molecular flexibility index (Phi) is 3.28. The van der Waals surface area contributed by atoms with Crippen LogP contribution in [0.5, 0.6) is 0 Å². The number of ketones is 1. The van der Waals surface area contributed by atoms with Crippen LogP contribution in [0.2, 0.25) is 0 Å². The van der Waals surface area contributed by atoms with Crippen LogP contribution < -0.4 is 0 Å². The molecule has 0 aliphatic heterocycles. The number of hydrogen-bond acceptors (Lipinski definition) is 4. The third kappa shape index (κ3) is 2.39. The van der Waals surface area contributed by atoms with Crippen molar-refractivity contribution in [3.05, 3.63) is 40.3 Å². The summed E-state index contributed by atoms with van der Waals surface area (Å²) in [6, 6.07) is 3.70. The minimum Gasteiger partial charge on any atom is -0.294 e. The van der Waals surface area contributed by atoms with Crippen LogP contribution in [0.3, 0.4) is 0 Å². The lowest BCUT2D eigenvalue weighted by Crippen LogP contribution is -2.02. The van der Waals surface area contributed by atoms with Crippen molar-refractivity contribution in [3.63, 3.8) is 0 Å². The number of rotatable bonds is 2. The summed E-state index contributed by atoms with van der Waals surface area (Å²) >= 11 is 3.40. The van der Waals surface area contributed by atoms with Gasteiger partial charge < -0.3 is 0 Å². The highest BCUT2D eigenvalue weighted by Gasteiger charge is 2.11. The van der Waals surface area contributed by atoms with Crippen LogP contribution in [0.4, 0.5) is 0 Å². The topological polar surface area (TPSA) is 55.7 Å². The molecule has 0 atom stereocenters. The fourth-order valence-corrected chi connectivity index (χ4v) is 1.91. The van der Waals surface area contributed by atoms with Crippen LogP contribution in [0.15, 0.2) is 29.0 Å². The van der Waals surface area contributed by atoms with Gasteiger partial charge in [0.1, 0.15) is 5.69 Å². The number of halogens is 1. The summed E-state index contributed by atoms with van der Waals surface area (Å²) < 4.78 is 0.829. The Morgan fingerprint density at radius 2 is 2.12 bits per heavy atom. The average Bonchev–Trinajstić information content (AvgIpc) is 2.29. The Bertz CT molecular complexity index is 584. The van der Waals surface area contributed by atoms with Crippen molar-refractivity contribution in [2.75, 3.05) is 0 Å². The first kappa shape index (κ1) is 11.9. The number of Topliss-reactive ketones (excluding diaryl/α,β-unsaturated/α-hetero) is 1. The van der Waals surface area contributed by atoms with Gasteiger partial charge in [-0.25, -0.2) is 9.97 Å². The molecule has 0 radical (unpaired) electrons. The highest BCUT2D eigenvalue weighted by Crippen LogP contribution is 2.22. The van der Waals surface area contributed by atoms with Gasteiger partial charge in [0.25, 0.3) is 0 Å². The maximum atomic E-state index is 11.3. The van der Waals surface area contributed by atoms with Crippen molar-refractivity contribution >= 4 is 21.7 Å². The molecule has 2 heterocycles. The van der Waals surface area contributed by atoms with Crippen molar-refractivity contribution in [3.8, 4) is 11.5 Å². The highest BCUT2D eigenvalue weighted by atomic mass is 79.9. The molecular weight excluding hydrogens is 282 g/mol. The Morgan fingerprint density at radius 1 is 1.35 bits per heavy atom. The molecule has 17 heavy (non-hydrogen) atoms. The Balaban J connectivity index is 2.52. The van der Waals surface area contributed by atoms with Gasteiger partial charge in [-0.2, -0.15) is 0 Å². The zero-order chi connectivity index (χ0) is 12.4. The van der Waals surface area contributed by atoms with Gasteiger partial charge in [-0.3, -0.25) is 9.78 Å². The minimum absolute atomic E-state index is 0.0332. The number of carbonyl (C=O) groups excluding carboxylic acids is 1. The predicted octanol–water partition coefficient (Wildman–Crippen LogP) is 2.81. The average molecular weight is 292 g/mol. The number of aromatic nitrogens is 3. The van der Waals surface area contributed by atoms with Gasteiger partial charge in [-0.1, -0.05) is 0 Å². The van der Waals surface area contributed by atoms with Crippen molar-refractivity contribution < 1.29 is 4.79 Å². The van der Waals surface area contributed by atoms with E-state index in [1.165, 1.54) is 6.92 Å². The minimum atomic E-state index is -0.0332. The molecule has 0 aliphatic carbocycles. The molecule has 0 amide bonds. The number of pyridine rings is 1. The third-order valence-electron chi connectivity index (χ3n) is 2.33. The van der Waals surface area contributed by atoms with E-state index in [0.29, 0.717) is 22.8 Å². The van der Waals surface area contributed by atoms with E-state index in [1.54, 1.807) is 19.3 Å². The van der Waals surface area contributed by atoms with Crippen LogP contribution in [0.1, 0.15) is 23.0 Å². The lowest BCUT2D eigenvalue weighted by molar-refractivity contribution is 0.101. The SMILES string of the molecule is CC(=O)c1cnc(-c2ncccc2Br)nc1C. The van der Waals surface area contributed by atoms with Gasteiger partial charge in [-0.05, 0) is 41.9 Å². The largest absolute Gasteiger partial charge is 0.294 e. The second kappa shape index (κ2) is 4.71. The molecule has 2 rings (SSSR count). The van der Waals surface area contributed by atoms with E-state index < -0.39 is 0 Å². The molecule has 0 aromatic carbocycles. The lowest BCUT2D eigenvalue weighted by Gasteiger charge is -2.05. The summed E-state index contributed by atoms with van der Waals surface area (Å²) in [5.41, 5.74) is 1.88. The zero-order valence-electron chi connectivity index (χ0n) is 9.44. The van der Waals surface area contributed by atoms with Gasteiger partial charge in [0.15, 0.2) is 11.6 Å². The molecular formula is C12H10BrN3O. The Labute approximate surface area is 107 Å². The summed E-state index contributed by atoms with van der Waals surface area (Å²) in [5, 5.41) is 0. The summed E-state index contributed by atoms with van der Waals surface area (Å²) in [7, 11) is 0. The second-order valence-electron chi connectivity index (χ2n) is 3.58. The predicted molar refractivity (Wildman–Crippen MR) is 67.7 cm³/mol. The van der Waals surface area contributed by atoms with E-state index in [-0.39, 0.29) is 5.78 Å². The fourth-order valence-electron chi connectivity index (χ4n) is 1.48. The normalized spacial score (nSPS) is 10.3. The van der Waals surface area contributed by atoms with Crippen LogP contribution >= 0.6 is 15.9 Å². The molecule has 0 aliphatic rings. The van der Waals surface area contributed by atoms with Gasteiger partial charge in [0.05, 0.1) is 11.3 Å². The van der Waals surface area contributed by atoms with Gasteiger partial charge >= 0.3 is 0 Å². The van der Waals surface area contributed by atoms with Crippen molar-refractivity contribution in [1.82, 2.24) is 15.0 Å². The summed E-state index contributed by atoms with van der Waals surface area (Å²) in [5.74, 6) is 0.481. The van der Waals surface area contributed by atoms with Crippen LogP contribution in [0.25, 0.3) is 11.5 Å². The van der Waals surface area contributed by atoms with Crippen molar-refractivity contribution in [2.24, 2.45) is 0 Å². The molecule has 0 unspecified atom stereocenters. The second-order valence-corrected chi connectivity index (χ2v) is 4.44. The Morgan fingerprint density at radius 3 is 2.71 bits per heavy atom. The number of carbonyl (C=O) groups is 1. The summed E-state index contributed by atoms with van der Waals surface area (Å²) in [6.45, 7) is 3.29. The fraction of sp³-hybridized carbons (Fsp3) is 0.167. The molecule has 5 heteroatoms. The highest BCUT2D eigenvalue weighted by molar-refractivity contribution is 9.10. The monoisotopic (exact) mass is 291 g/mol. The summed E-state index contributed by atoms with van der Waals surface area (Å²) in [6.07, 6.45) is 3.22. The number of hydrogen-bond donors (Lipinski definition) is 0. The van der Waals surface area contributed by atoms with Crippen LogP contribution in [-0.2, 0) is 0 Å². The Hall–Kier alpha value is -1.62. The molecule has 86 valence electrons. The molecule has 0 spiro atoms. The van der Waals surface area contributed by atoms with Gasteiger partial charge in [0.2, 0.25) is 0 Å². The standard InChI is InChI=1S/C12H10BrN3O/c1-7-9(8(2)17)6-15-12(16-7)11-10(13)4-3-5-14-11/h3-6H,1-2H3. The van der Waals surface area contributed by atoms with Crippen molar-refractivity contribution in [2.45, 2.75) is 13.8 Å². The van der Waals surface area contributed by atoms with E-state index in [1.807, 2.05) is 12.1 Å². The molecule has 2 aromatic rings. The smallest absolute Gasteiger partial charge is 0.179 e. The zero-order valence-corrected chi connectivity index (χ0v) is 11.0. The quantitative estimate of drug-likeness (QED) is 0.799. The van der Waals surface area contributed by atoms with E-state index in [2.05, 4.69) is 30.9 Å². The van der Waals surface area contributed by atoms with Crippen molar-refractivity contribution in [1.29, 1.82) is 0 Å². The van der Waals surface area contributed by atoms with Crippen LogP contribution in [-0.4, -0.2) is 20.7 Å². The van der Waals surface area contributed by atoms with E-state index in [9.17, 15) is 4.79 Å². The molecule has 0 fully saturated rings. The maximum absolute atomic E-state index is 11.3. The van der Waals surface area contributed by atoms with E-state index in [4.69, 9.17) is 0 Å². The van der Waals surface area contributed by atoms with E-state index in [0.717, 1.165) is 4.47 Å². The maximum Gasteiger partial charge on any atom is 0.179 e. The number of aryl methyl sites for hydroxylation is 1. The van der Waals surface area contributed by atoms with Crippen LogP contribution in [0, 0.1) is 6.92 Å². The first-order chi connectivity index (χ1) is 8.09. The molecule has 0 bridgehead atoms.